The zero-order chi connectivity index (χ0) is 11.7. The Balaban J connectivity index is 1.92. The maximum absolute atomic E-state index is 6.19. The molecule has 0 amide bonds. The van der Waals surface area contributed by atoms with Gasteiger partial charge in [-0.25, -0.2) is 9.97 Å². The summed E-state index contributed by atoms with van der Waals surface area (Å²) in [4.78, 5) is 9.05. The molecule has 0 bridgehead atoms. The standard InChI is InChI=1S/C12H15ClN2O2/c13-11-9-7-17-5-3-10(9)14-12(15-11)8-2-1-4-16-6-8/h8H,1-7H2. The molecular formula is C12H15ClN2O2. The van der Waals surface area contributed by atoms with Crippen molar-refractivity contribution < 1.29 is 9.47 Å². The van der Waals surface area contributed by atoms with Crippen molar-refractivity contribution in [1.29, 1.82) is 0 Å². The Morgan fingerprint density at radius 3 is 2.94 bits per heavy atom. The van der Waals surface area contributed by atoms with Crippen molar-refractivity contribution in [3.63, 3.8) is 0 Å². The second-order valence-corrected chi connectivity index (χ2v) is 4.87. The highest BCUT2D eigenvalue weighted by atomic mass is 35.5. The number of ether oxygens (including phenoxy) is 2. The van der Waals surface area contributed by atoms with Crippen LogP contribution in [-0.2, 0) is 22.5 Å². The number of hydrogen-bond donors (Lipinski definition) is 0. The molecule has 0 radical (unpaired) electrons. The summed E-state index contributed by atoms with van der Waals surface area (Å²) in [5.41, 5.74) is 2.01. The highest BCUT2D eigenvalue weighted by Crippen LogP contribution is 2.28. The third-order valence-corrected chi connectivity index (χ3v) is 3.63. The van der Waals surface area contributed by atoms with E-state index in [1.807, 2.05) is 0 Å². The van der Waals surface area contributed by atoms with E-state index in [0.29, 0.717) is 24.3 Å². The van der Waals surface area contributed by atoms with Gasteiger partial charge in [-0.2, -0.15) is 0 Å². The zero-order valence-electron chi connectivity index (χ0n) is 9.62. The summed E-state index contributed by atoms with van der Waals surface area (Å²) >= 11 is 6.19. The Morgan fingerprint density at radius 1 is 1.18 bits per heavy atom. The molecule has 0 saturated carbocycles. The molecule has 3 heterocycles. The Bertz CT molecular complexity index is 419. The molecule has 1 atom stereocenters. The van der Waals surface area contributed by atoms with Crippen molar-refractivity contribution in [3.8, 4) is 0 Å². The first-order valence-electron chi connectivity index (χ1n) is 6.05. The quantitative estimate of drug-likeness (QED) is 0.720. The molecular weight excluding hydrogens is 240 g/mol. The number of aromatic nitrogens is 2. The summed E-state index contributed by atoms with van der Waals surface area (Å²) in [6, 6.07) is 0. The van der Waals surface area contributed by atoms with Crippen LogP contribution in [-0.4, -0.2) is 29.8 Å². The van der Waals surface area contributed by atoms with Crippen LogP contribution in [0.15, 0.2) is 0 Å². The molecule has 0 aliphatic carbocycles. The van der Waals surface area contributed by atoms with Crippen LogP contribution in [0, 0.1) is 0 Å². The minimum Gasteiger partial charge on any atom is -0.381 e. The van der Waals surface area contributed by atoms with Crippen molar-refractivity contribution in [2.45, 2.75) is 31.8 Å². The van der Waals surface area contributed by atoms with Gasteiger partial charge in [-0.3, -0.25) is 0 Å². The normalized spacial score (nSPS) is 24.4. The van der Waals surface area contributed by atoms with E-state index in [-0.39, 0.29) is 0 Å². The van der Waals surface area contributed by atoms with Crippen LogP contribution < -0.4 is 0 Å². The molecule has 1 aromatic heterocycles. The molecule has 2 aliphatic rings. The maximum Gasteiger partial charge on any atom is 0.138 e. The lowest BCUT2D eigenvalue weighted by atomic mass is 10.0. The average Bonchev–Trinajstić information content (AvgIpc) is 2.40. The van der Waals surface area contributed by atoms with E-state index < -0.39 is 0 Å². The van der Waals surface area contributed by atoms with E-state index in [1.54, 1.807) is 0 Å². The molecule has 0 aromatic carbocycles. The van der Waals surface area contributed by atoms with E-state index in [9.17, 15) is 0 Å². The van der Waals surface area contributed by atoms with Crippen molar-refractivity contribution >= 4 is 11.6 Å². The van der Waals surface area contributed by atoms with E-state index in [2.05, 4.69) is 9.97 Å². The third kappa shape index (κ3) is 2.30. The summed E-state index contributed by atoms with van der Waals surface area (Å²) in [5.74, 6) is 1.14. The molecule has 0 spiro atoms. The van der Waals surface area contributed by atoms with Gasteiger partial charge in [0.15, 0.2) is 0 Å². The lowest BCUT2D eigenvalue weighted by molar-refractivity contribution is 0.0774. The highest BCUT2D eigenvalue weighted by molar-refractivity contribution is 6.30. The molecule has 4 nitrogen and oxygen atoms in total. The van der Waals surface area contributed by atoms with Crippen LogP contribution in [0.1, 0.15) is 35.8 Å². The fourth-order valence-electron chi connectivity index (χ4n) is 2.34. The minimum atomic E-state index is 0.300. The second-order valence-electron chi connectivity index (χ2n) is 4.51. The van der Waals surface area contributed by atoms with Crippen molar-refractivity contribution in [1.82, 2.24) is 9.97 Å². The van der Waals surface area contributed by atoms with Crippen LogP contribution in [0.25, 0.3) is 0 Å². The molecule has 1 fully saturated rings. The number of hydrogen-bond acceptors (Lipinski definition) is 4. The van der Waals surface area contributed by atoms with Crippen LogP contribution in [0.3, 0.4) is 0 Å². The zero-order valence-corrected chi connectivity index (χ0v) is 10.4. The van der Waals surface area contributed by atoms with Crippen LogP contribution >= 0.6 is 11.6 Å². The van der Waals surface area contributed by atoms with E-state index in [0.717, 1.165) is 49.6 Å². The summed E-state index contributed by atoms with van der Waals surface area (Å²) < 4.78 is 10.8. The predicted molar refractivity (Wildman–Crippen MR) is 63.2 cm³/mol. The van der Waals surface area contributed by atoms with Gasteiger partial charge >= 0.3 is 0 Å². The Kier molecular flexibility index (Phi) is 3.27. The lowest BCUT2D eigenvalue weighted by Crippen LogP contribution is -2.21. The molecule has 1 aromatic rings. The second kappa shape index (κ2) is 4.88. The monoisotopic (exact) mass is 254 g/mol. The molecule has 2 aliphatic heterocycles. The first-order valence-corrected chi connectivity index (χ1v) is 6.43. The number of nitrogens with zero attached hydrogens (tertiary/aromatic N) is 2. The van der Waals surface area contributed by atoms with Gasteiger partial charge in [-0.15, -0.1) is 0 Å². The lowest BCUT2D eigenvalue weighted by Gasteiger charge is -2.23. The van der Waals surface area contributed by atoms with Gasteiger partial charge in [-0.05, 0) is 12.8 Å². The van der Waals surface area contributed by atoms with Gasteiger partial charge < -0.3 is 9.47 Å². The van der Waals surface area contributed by atoms with Crippen molar-refractivity contribution in [2.24, 2.45) is 0 Å². The first kappa shape index (κ1) is 11.4. The van der Waals surface area contributed by atoms with Crippen LogP contribution in [0.5, 0.6) is 0 Å². The van der Waals surface area contributed by atoms with Crippen molar-refractivity contribution in [3.05, 3.63) is 22.2 Å². The van der Waals surface area contributed by atoms with E-state index in [1.165, 1.54) is 0 Å². The Labute approximate surface area is 105 Å². The number of rotatable bonds is 1. The maximum atomic E-state index is 6.19. The van der Waals surface area contributed by atoms with Gasteiger partial charge in [0, 0.05) is 24.5 Å². The molecule has 0 N–H and O–H groups in total. The molecule has 5 heteroatoms. The fourth-order valence-corrected chi connectivity index (χ4v) is 2.59. The Hall–Kier alpha value is -0.710. The first-order chi connectivity index (χ1) is 8.34. The van der Waals surface area contributed by atoms with Gasteiger partial charge in [0.2, 0.25) is 0 Å². The van der Waals surface area contributed by atoms with Crippen LogP contribution in [0.2, 0.25) is 5.15 Å². The summed E-state index contributed by atoms with van der Waals surface area (Å²) in [6.07, 6.45) is 3.00. The van der Waals surface area contributed by atoms with Gasteiger partial charge in [0.05, 0.1) is 25.5 Å². The SMILES string of the molecule is Clc1nc(C2CCCOC2)nc2c1COCC2. The molecule has 17 heavy (non-hydrogen) atoms. The molecule has 3 rings (SSSR count). The van der Waals surface area contributed by atoms with Crippen molar-refractivity contribution in [2.75, 3.05) is 19.8 Å². The fraction of sp³-hybridized carbons (Fsp3) is 0.667. The summed E-state index contributed by atoms with van der Waals surface area (Å²) in [6.45, 7) is 2.82. The summed E-state index contributed by atoms with van der Waals surface area (Å²) in [7, 11) is 0. The molecule has 1 unspecified atom stereocenters. The molecule has 92 valence electrons. The van der Waals surface area contributed by atoms with Crippen LogP contribution in [0.4, 0.5) is 0 Å². The predicted octanol–water partition coefficient (Wildman–Crippen LogP) is 2.10. The molecule has 1 saturated heterocycles. The van der Waals surface area contributed by atoms with Gasteiger partial charge in [0.1, 0.15) is 11.0 Å². The average molecular weight is 255 g/mol. The third-order valence-electron chi connectivity index (χ3n) is 3.31. The number of fused-ring (bicyclic) bond motifs is 1. The topological polar surface area (TPSA) is 44.2 Å². The number of halogens is 1. The van der Waals surface area contributed by atoms with E-state index >= 15 is 0 Å². The largest absolute Gasteiger partial charge is 0.381 e. The van der Waals surface area contributed by atoms with Gasteiger partial charge in [0.25, 0.3) is 0 Å². The highest BCUT2D eigenvalue weighted by Gasteiger charge is 2.23. The van der Waals surface area contributed by atoms with Gasteiger partial charge in [-0.1, -0.05) is 11.6 Å². The smallest absolute Gasteiger partial charge is 0.138 e. The minimum absolute atomic E-state index is 0.300. The van der Waals surface area contributed by atoms with E-state index in [4.69, 9.17) is 21.1 Å². The summed E-state index contributed by atoms with van der Waals surface area (Å²) in [5, 5.41) is 0.551. The Morgan fingerprint density at radius 2 is 2.12 bits per heavy atom.